The van der Waals surface area contributed by atoms with Gasteiger partial charge < -0.3 is 19.8 Å². The van der Waals surface area contributed by atoms with Gasteiger partial charge in [-0.15, -0.1) is 11.3 Å². The summed E-state index contributed by atoms with van der Waals surface area (Å²) in [5, 5.41) is 12.3. The van der Waals surface area contributed by atoms with Crippen LogP contribution in [0.15, 0.2) is 72.2 Å². The zero-order valence-corrected chi connectivity index (χ0v) is 21.8. The quantitative estimate of drug-likeness (QED) is 0.482. The fourth-order valence-electron chi connectivity index (χ4n) is 5.81. The van der Waals surface area contributed by atoms with Gasteiger partial charge in [0.15, 0.2) is 5.13 Å². The lowest BCUT2D eigenvalue weighted by Gasteiger charge is -2.45. The number of aliphatic carboxylic acids is 1. The smallest absolute Gasteiger partial charge is 0.303 e. The second-order valence-corrected chi connectivity index (χ2v) is 10.9. The van der Waals surface area contributed by atoms with Crippen LogP contribution in [0.3, 0.4) is 0 Å². The summed E-state index contributed by atoms with van der Waals surface area (Å²) in [6.07, 6.45) is 3.98. The van der Waals surface area contributed by atoms with Crippen molar-refractivity contribution in [3.8, 4) is 0 Å². The van der Waals surface area contributed by atoms with Gasteiger partial charge in [0.25, 0.3) is 0 Å². The molecule has 2 aliphatic rings. The molecule has 2 fully saturated rings. The minimum atomic E-state index is -0.732. The van der Waals surface area contributed by atoms with Crippen LogP contribution in [0.5, 0.6) is 0 Å². The lowest BCUT2D eigenvalue weighted by Crippen LogP contribution is -2.60. The molecule has 2 aromatic carbocycles. The summed E-state index contributed by atoms with van der Waals surface area (Å²) < 4.78 is 0. The van der Waals surface area contributed by atoms with E-state index in [1.54, 1.807) is 11.3 Å². The van der Waals surface area contributed by atoms with E-state index in [1.807, 2.05) is 72.2 Å². The van der Waals surface area contributed by atoms with Gasteiger partial charge in [-0.3, -0.25) is 9.59 Å². The van der Waals surface area contributed by atoms with E-state index in [1.165, 1.54) is 0 Å². The van der Waals surface area contributed by atoms with Crippen LogP contribution in [0.2, 0.25) is 0 Å². The number of likely N-dealkylation sites (tertiary alicyclic amines) is 1. The maximum Gasteiger partial charge on any atom is 0.303 e. The van der Waals surface area contributed by atoms with E-state index in [4.69, 9.17) is 0 Å². The van der Waals surface area contributed by atoms with E-state index in [0.29, 0.717) is 6.54 Å². The Kier molecular flexibility index (Phi) is 8.16. The Hall–Kier alpha value is -3.23. The molecule has 3 heterocycles. The molecule has 1 amide bonds. The average Bonchev–Trinajstić information content (AvgIpc) is 3.45. The molecule has 37 heavy (non-hydrogen) atoms. The largest absolute Gasteiger partial charge is 0.481 e. The Balaban J connectivity index is 1.41. The van der Waals surface area contributed by atoms with Gasteiger partial charge in [-0.2, -0.15) is 0 Å². The maximum absolute atomic E-state index is 14.4. The van der Waals surface area contributed by atoms with Crippen LogP contribution in [0.4, 0.5) is 5.13 Å². The Labute approximate surface area is 222 Å². The van der Waals surface area contributed by atoms with Gasteiger partial charge in [0, 0.05) is 50.7 Å². The molecule has 0 radical (unpaired) electrons. The van der Waals surface area contributed by atoms with Crippen molar-refractivity contribution in [1.29, 1.82) is 0 Å². The number of carbonyl (C=O) groups is 2. The second-order valence-electron chi connectivity index (χ2n) is 10.1. The summed E-state index contributed by atoms with van der Waals surface area (Å²) in [6.45, 7) is 4.53. The zero-order valence-electron chi connectivity index (χ0n) is 21.0. The Morgan fingerprint density at radius 2 is 1.68 bits per heavy atom. The van der Waals surface area contributed by atoms with Crippen molar-refractivity contribution < 1.29 is 14.7 Å². The molecule has 8 heteroatoms. The molecule has 0 saturated carbocycles. The lowest BCUT2D eigenvalue weighted by atomic mass is 9.89. The molecule has 1 unspecified atom stereocenters. The number of rotatable bonds is 8. The van der Waals surface area contributed by atoms with Crippen LogP contribution in [-0.4, -0.2) is 77.1 Å². The molecule has 2 aliphatic heterocycles. The molecular weight excluding hydrogens is 484 g/mol. The molecule has 1 aromatic heterocycles. The van der Waals surface area contributed by atoms with Gasteiger partial charge in [0.1, 0.15) is 0 Å². The summed E-state index contributed by atoms with van der Waals surface area (Å²) in [5.41, 5.74) is 2.00. The highest BCUT2D eigenvalue weighted by molar-refractivity contribution is 7.13. The number of piperidine rings is 1. The van der Waals surface area contributed by atoms with Gasteiger partial charge in [-0.1, -0.05) is 60.7 Å². The molecule has 0 bridgehead atoms. The number of amides is 1. The maximum atomic E-state index is 14.4. The monoisotopic (exact) mass is 518 g/mol. The standard InChI is InChI=1S/C29H34N4O3S/c34-26(35)18-22-8-7-14-31(19-22)20-25-21-32(29-30-13-17-37-29)15-16-33(25)28(36)27(23-9-3-1-4-10-23)24-11-5-2-6-12-24/h1-6,9-13,17,22,25,27H,7-8,14-16,18-21H2,(H,34,35)/t22?,25-/m1/s1. The third-order valence-electron chi connectivity index (χ3n) is 7.50. The van der Waals surface area contributed by atoms with E-state index in [0.717, 1.165) is 61.8 Å². The summed E-state index contributed by atoms with van der Waals surface area (Å²) >= 11 is 1.63. The van der Waals surface area contributed by atoms with Crippen LogP contribution >= 0.6 is 11.3 Å². The van der Waals surface area contributed by atoms with Gasteiger partial charge in [-0.05, 0) is 36.4 Å². The average molecular weight is 519 g/mol. The molecule has 0 spiro atoms. The Morgan fingerprint density at radius 1 is 0.973 bits per heavy atom. The first-order valence-corrected chi connectivity index (χ1v) is 14.0. The number of carbonyl (C=O) groups excluding carboxylic acids is 1. The molecule has 194 valence electrons. The van der Waals surface area contributed by atoms with Crippen LogP contribution in [0.1, 0.15) is 36.3 Å². The van der Waals surface area contributed by atoms with Crippen molar-refractivity contribution in [2.24, 2.45) is 5.92 Å². The minimum Gasteiger partial charge on any atom is -0.481 e. The van der Waals surface area contributed by atoms with Crippen molar-refractivity contribution in [3.05, 3.63) is 83.4 Å². The first-order valence-electron chi connectivity index (χ1n) is 13.1. The summed E-state index contributed by atoms with van der Waals surface area (Å²) in [6, 6.07) is 20.1. The third kappa shape index (κ3) is 6.19. The van der Waals surface area contributed by atoms with E-state index in [2.05, 4.69) is 19.7 Å². The number of nitrogens with zero attached hydrogens (tertiary/aromatic N) is 4. The number of hydrogen-bond donors (Lipinski definition) is 1. The molecular formula is C29H34N4O3S. The summed E-state index contributed by atoms with van der Waals surface area (Å²) in [7, 11) is 0. The Bertz CT molecular complexity index is 1120. The van der Waals surface area contributed by atoms with E-state index >= 15 is 0 Å². The van der Waals surface area contributed by atoms with Gasteiger partial charge >= 0.3 is 5.97 Å². The fourth-order valence-corrected chi connectivity index (χ4v) is 6.49. The highest BCUT2D eigenvalue weighted by Gasteiger charge is 2.37. The fraction of sp³-hybridized carbons (Fsp3) is 0.414. The predicted octanol–water partition coefficient (Wildman–Crippen LogP) is 4.18. The molecule has 7 nitrogen and oxygen atoms in total. The highest BCUT2D eigenvalue weighted by atomic mass is 32.1. The number of benzene rings is 2. The molecule has 2 atom stereocenters. The molecule has 1 N–H and O–H groups in total. The normalized spacial score (nSPS) is 20.8. The first-order chi connectivity index (χ1) is 18.1. The van der Waals surface area contributed by atoms with Crippen LogP contribution in [-0.2, 0) is 9.59 Å². The number of carboxylic acid groups (broad SMARTS) is 1. The molecule has 0 aliphatic carbocycles. The minimum absolute atomic E-state index is 0.0105. The molecule has 3 aromatic rings. The zero-order chi connectivity index (χ0) is 25.6. The van der Waals surface area contributed by atoms with Crippen molar-refractivity contribution in [1.82, 2.24) is 14.8 Å². The summed E-state index contributed by atoms with van der Waals surface area (Å²) in [5.74, 6) is -0.807. The van der Waals surface area contributed by atoms with Gasteiger partial charge in [0.2, 0.25) is 5.91 Å². The van der Waals surface area contributed by atoms with Gasteiger partial charge in [0.05, 0.1) is 12.0 Å². The number of hydrogen-bond acceptors (Lipinski definition) is 6. The van der Waals surface area contributed by atoms with E-state index in [9.17, 15) is 14.7 Å². The van der Waals surface area contributed by atoms with Crippen molar-refractivity contribution in [2.45, 2.75) is 31.2 Å². The van der Waals surface area contributed by atoms with Crippen molar-refractivity contribution >= 4 is 28.3 Å². The lowest BCUT2D eigenvalue weighted by molar-refractivity contribution is -0.138. The number of aromatic nitrogens is 1. The molecule has 5 rings (SSSR count). The van der Waals surface area contributed by atoms with E-state index < -0.39 is 5.97 Å². The van der Waals surface area contributed by atoms with Crippen LogP contribution < -0.4 is 4.90 Å². The topological polar surface area (TPSA) is 77.0 Å². The number of anilines is 1. The Morgan fingerprint density at radius 3 is 2.30 bits per heavy atom. The predicted molar refractivity (Wildman–Crippen MR) is 146 cm³/mol. The van der Waals surface area contributed by atoms with E-state index in [-0.39, 0.29) is 30.2 Å². The summed E-state index contributed by atoms with van der Waals surface area (Å²) in [4.78, 5) is 37.0. The highest BCUT2D eigenvalue weighted by Crippen LogP contribution is 2.31. The van der Waals surface area contributed by atoms with Crippen LogP contribution in [0.25, 0.3) is 0 Å². The third-order valence-corrected chi connectivity index (χ3v) is 8.34. The number of carboxylic acids is 1. The SMILES string of the molecule is O=C(O)CC1CCCN(C[C@@H]2CN(c3nccs3)CCN2C(=O)C(c2ccccc2)c2ccccc2)C1. The van der Waals surface area contributed by atoms with Crippen molar-refractivity contribution in [3.63, 3.8) is 0 Å². The van der Waals surface area contributed by atoms with Crippen molar-refractivity contribution in [2.75, 3.05) is 44.2 Å². The van der Waals surface area contributed by atoms with Crippen LogP contribution in [0, 0.1) is 5.92 Å². The van der Waals surface area contributed by atoms with Gasteiger partial charge in [-0.25, -0.2) is 4.98 Å². The first kappa shape index (κ1) is 25.4. The number of thiazole rings is 1. The number of piperazine rings is 1. The molecule has 2 saturated heterocycles. The second kappa shape index (κ2) is 11.9.